The molecule has 0 atom stereocenters. The summed E-state index contributed by atoms with van der Waals surface area (Å²) in [6.45, 7) is 0.755. The maximum Gasteiger partial charge on any atom is 0.233 e. The molecule has 124 valence electrons. The first kappa shape index (κ1) is 15.3. The number of amides is 2. The Morgan fingerprint density at radius 2 is 2.12 bits per heavy atom. The van der Waals surface area contributed by atoms with Crippen LogP contribution in [0.4, 0.5) is 10.8 Å². The molecule has 0 radical (unpaired) electrons. The van der Waals surface area contributed by atoms with Crippen molar-refractivity contribution in [2.24, 2.45) is 5.92 Å². The molecule has 5 nitrogen and oxygen atoms in total. The largest absolute Gasteiger partial charge is 0.312 e. The van der Waals surface area contributed by atoms with Gasteiger partial charge in [0.2, 0.25) is 11.8 Å². The molecule has 1 saturated carbocycles. The molecule has 2 heterocycles. The lowest BCUT2D eigenvalue weighted by Gasteiger charge is -2.29. The highest BCUT2D eigenvalue weighted by Crippen LogP contribution is 2.31. The average Bonchev–Trinajstić information content (AvgIpc) is 3.36. The molecule has 1 aromatic heterocycles. The van der Waals surface area contributed by atoms with E-state index in [-0.39, 0.29) is 24.2 Å². The molecular weight excluding hydrogens is 322 g/mol. The van der Waals surface area contributed by atoms with Crippen molar-refractivity contribution in [2.45, 2.75) is 32.1 Å². The zero-order chi connectivity index (χ0) is 16.5. The Kier molecular flexibility index (Phi) is 4.06. The molecule has 0 unspecified atom stereocenters. The van der Waals surface area contributed by atoms with Gasteiger partial charge in [-0.1, -0.05) is 18.2 Å². The number of rotatable bonds is 4. The van der Waals surface area contributed by atoms with E-state index < -0.39 is 0 Å². The third kappa shape index (κ3) is 3.19. The summed E-state index contributed by atoms with van der Waals surface area (Å²) in [5.41, 5.74) is 2.97. The number of benzene rings is 1. The molecule has 24 heavy (non-hydrogen) atoms. The van der Waals surface area contributed by atoms with Crippen molar-refractivity contribution >= 4 is 34.0 Å². The van der Waals surface area contributed by atoms with Gasteiger partial charge in [-0.3, -0.25) is 9.59 Å². The van der Waals surface area contributed by atoms with Gasteiger partial charge in [0.1, 0.15) is 0 Å². The number of nitrogens with one attached hydrogen (secondary N) is 1. The van der Waals surface area contributed by atoms with E-state index in [0.29, 0.717) is 5.13 Å². The number of hydrogen-bond donors (Lipinski definition) is 1. The number of thiazole rings is 1. The number of aromatic nitrogens is 1. The van der Waals surface area contributed by atoms with Crippen LogP contribution in [0.1, 0.15) is 30.5 Å². The molecule has 0 spiro atoms. The first-order chi connectivity index (χ1) is 11.7. The fraction of sp³-hybridized carbons (Fsp3) is 0.389. The Balaban J connectivity index is 1.43. The summed E-state index contributed by atoms with van der Waals surface area (Å²) >= 11 is 1.38. The minimum atomic E-state index is 0.0483. The topological polar surface area (TPSA) is 62.3 Å². The third-order valence-corrected chi connectivity index (χ3v) is 5.28. The van der Waals surface area contributed by atoms with Crippen molar-refractivity contribution < 1.29 is 9.59 Å². The number of aryl methyl sites for hydroxylation is 1. The fourth-order valence-electron chi connectivity index (χ4n) is 3.04. The maximum atomic E-state index is 12.7. The van der Waals surface area contributed by atoms with Gasteiger partial charge in [0, 0.05) is 23.5 Å². The van der Waals surface area contributed by atoms with Gasteiger partial charge in [-0.05, 0) is 37.3 Å². The monoisotopic (exact) mass is 341 g/mol. The lowest BCUT2D eigenvalue weighted by molar-refractivity contribution is -0.118. The van der Waals surface area contributed by atoms with E-state index in [1.165, 1.54) is 16.9 Å². The molecule has 1 aliphatic heterocycles. The van der Waals surface area contributed by atoms with Crippen LogP contribution >= 0.6 is 11.3 Å². The van der Waals surface area contributed by atoms with Crippen LogP contribution in [0.2, 0.25) is 0 Å². The van der Waals surface area contributed by atoms with Gasteiger partial charge in [-0.2, -0.15) is 0 Å². The van der Waals surface area contributed by atoms with Crippen LogP contribution in [0.3, 0.4) is 0 Å². The highest BCUT2D eigenvalue weighted by molar-refractivity contribution is 7.13. The molecule has 2 aliphatic rings. The molecule has 1 fully saturated rings. The predicted molar refractivity (Wildman–Crippen MR) is 94.3 cm³/mol. The van der Waals surface area contributed by atoms with Gasteiger partial charge in [-0.25, -0.2) is 4.98 Å². The Morgan fingerprint density at radius 3 is 2.96 bits per heavy atom. The summed E-state index contributed by atoms with van der Waals surface area (Å²) in [5, 5.41) is 5.29. The zero-order valence-electron chi connectivity index (χ0n) is 13.3. The van der Waals surface area contributed by atoms with Crippen LogP contribution < -0.4 is 10.2 Å². The summed E-state index contributed by atoms with van der Waals surface area (Å²) in [5.74, 6) is 0.267. The van der Waals surface area contributed by atoms with E-state index in [2.05, 4.69) is 16.4 Å². The normalized spacial score (nSPS) is 16.6. The molecule has 1 N–H and O–H groups in total. The second kappa shape index (κ2) is 6.36. The molecule has 1 aliphatic carbocycles. The molecule has 0 saturated heterocycles. The predicted octanol–water partition coefficient (Wildman–Crippen LogP) is 3.01. The van der Waals surface area contributed by atoms with E-state index in [9.17, 15) is 9.59 Å². The van der Waals surface area contributed by atoms with Crippen molar-refractivity contribution in [3.63, 3.8) is 0 Å². The van der Waals surface area contributed by atoms with Gasteiger partial charge >= 0.3 is 0 Å². The standard InChI is InChI=1S/C18H19N3O2S/c22-16(21-9-3-5-12-4-1-2-6-15(12)21)10-14-11-24-18(19-14)20-17(23)13-7-8-13/h1-2,4,6,11,13H,3,5,7-10H2,(H,19,20,23). The maximum absolute atomic E-state index is 12.7. The summed E-state index contributed by atoms with van der Waals surface area (Å²) in [6.07, 6.45) is 4.22. The van der Waals surface area contributed by atoms with E-state index >= 15 is 0 Å². The molecule has 4 rings (SSSR count). The Labute approximate surface area is 144 Å². The van der Waals surface area contributed by atoms with E-state index in [0.717, 1.165) is 43.6 Å². The number of carbonyl (C=O) groups is 2. The average molecular weight is 341 g/mol. The number of para-hydroxylation sites is 1. The summed E-state index contributed by atoms with van der Waals surface area (Å²) in [7, 11) is 0. The highest BCUT2D eigenvalue weighted by atomic mass is 32.1. The second-order valence-corrected chi connectivity index (χ2v) is 7.22. The van der Waals surface area contributed by atoms with E-state index in [1.54, 1.807) is 0 Å². The van der Waals surface area contributed by atoms with Crippen LogP contribution in [-0.4, -0.2) is 23.3 Å². The smallest absolute Gasteiger partial charge is 0.233 e. The Morgan fingerprint density at radius 1 is 1.29 bits per heavy atom. The van der Waals surface area contributed by atoms with Gasteiger partial charge in [0.15, 0.2) is 5.13 Å². The second-order valence-electron chi connectivity index (χ2n) is 6.36. The van der Waals surface area contributed by atoms with E-state index in [1.807, 2.05) is 28.5 Å². The van der Waals surface area contributed by atoms with Crippen molar-refractivity contribution in [2.75, 3.05) is 16.8 Å². The number of carbonyl (C=O) groups excluding carboxylic acids is 2. The van der Waals surface area contributed by atoms with Crippen LogP contribution in [0.25, 0.3) is 0 Å². The van der Waals surface area contributed by atoms with Crippen LogP contribution in [0.15, 0.2) is 29.6 Å². The quantitative estimate of drug-likeness (QED) is 0.930. The van der Waals surface area contributed by atoms with Crippen molar-refractivity contribution in [1.82, 2.24) is 4.98 Å². The highest BCUT2D eigenvalue weighted by Gasteiger charge is 2.30. The van der Waals surface area contributed by atoms with Crippen LogP contribution in [0.5, 0.6) is 0 Å². The minimum Gasteiger partial charge on any atom is -0.312 e. The third-order valence-electron chi connectivity index (χ3n) is 4.47. The zero-order valence-corrected chi connectivity index (χ0v) is 14.1. The van der Waals surface area contributed by atoms with Gasteiger partial charge in [0.25, 0.3) is 0 Å². The number of fused-ring (bicyclic) bond motifs is 1. The Bertz CT molecular complexity index is 782. The minimum absolute atomic E-state index is 0.0483. The van der Waals surface area contributed by atoms with Crippen molar-refractivity contribution in [3.8, 4) is 0 Å². The number of nitrogens with zero attached hydrogens (tertiary/aromatic N) is 2. The van der Waals surface area contributed by atoms with Crippen LogP contribution in [-0.2, 0) is 22.4 Å². The summed E-state index contributed by atoms with van der Waals surface area (Å²) in [4.78, 5) is 30.7. The molecule has 6 heteroatoms. The van der Waals surface area contributed by atoms with Gasteiger partial charge in [0.05, 0.1) is 12.1 Å². The molecule has 0 bridgehead atoms. The molecule has 1 aromatic carbocycles. The van der Waals surface area contributed by atoms with E-state index in [4.69, 9.17) is 0 Å². The first-order valence-electron chi connectivity index (χ1n) is 8.34. The first-order valence-corrected chi connectivity index (χ1v) is 9.22. The lowest BCUT2D eigenvalue weighted by atomic mass is 10.0. The number of hydrogen-bond acceptors (Lipinski definition) is 4. The molecule has 2 aromatic rings. The van der Waals surface area contributed by atoms with Gasteiger partial charge in [-0.15, -0.1) is 11.3 Å². The SMILES string of the molecule is O=C(Nc1nc(CC(=O)N2CCCc3ccccc32)cs1)C1CC1. The summed E-state index contributed by atoms with van der Waals surface area (Å²) in [6, 6.07) is 8.08. The van der Waals surface area contributed by atoms with Crippen molar-refractivity contribution in [1.29, 1.82) is 0 Å². The van der Waals surface area contributed by atoms with Gasteiger partial charge < -0.3 is 10.2 Å². The van der Waals surface area contributed by atoms with Crippen LogP contribution in [0, 0.1) is 5.92 Å². The summed E-state index contributed by atoms with van der Waals surface area (Å²) < 4.78 is 0. The Hall–Kier alpha value is -2.21. The molecule has 2 amide bonds. The molecular formula is C18H19N3O2S. The fourth-order valence-corrected chi connectivity index (χ4v) is 3.75. The number of anilines is 2. The van der Waals surface area contributed by atoms with Crippen molar-refractivity contribution in [3.05, 3.63) is 40.9 Å². The lowest BCUT2D eigenvalue weighted by Crippen LogP contribution is -2.36.